The van der Waals surface area contributed by atoms with Gasteiger partial charge in [0.25, 0.3) is 0 Å². The lowest BCUT2D eigenvalue weighted by atomic mass is 9.95. The van der Waals surface area contributed by atoms with Crippen LogP contribution in [0.15, 0.2) is 29.3 Å². The van der Waals surface area contributed by atoms with Crippen LogP contribution >= 0.6 is 34.5 Å². The first-order chi connectivity index (χ1) is 13.9. The quantitative estimate of drug-likeness (QED) is 0.448. The van der Waals surface area contributed by atoms with E-state index in [1.165, 1.54) is 4.88 Å². The largest absolute Gasteiger partial charge is 0.478 e. The van der Waals surface area contributed by atoms with Crippen molar-refractivity contribution in [1.82, 2.24) is 4.57 Å². The molecule has 7 heteroatoms. The summed E-state index contributed by atoms with van der Waals surface area (Å²) in [4.78, 5) is 17.8. The van der Waals surface area contributed by atoms with Crippen molar-refractivity contribution < 1.29 is 9.90 Å². The Labute approximate surface area is 183 Å². The smallest absolute Gasteiger partial charge is 0.339 e. The molecule has 2 heterocycles. The van der Waals surface area contributed by atoms with Gasteiger partial charge in [-0.1, -0.05) is 23.2 Å². The number of aliphatic imine (C=N–C) groups is 1. The van der Waals surface area contributed by atoms with Crippen LogP contribution in [0, 0.1) is 13.8 Å². The van der Waals surface area contributed by atoms with Gasteiger partial charge in [-0.2, -0.15) is 0 Å². The number of halogens is 2. The summed E-state index contributed by atoms with van der Waals surface area (Å²) in [6.07, 6.45) is 5.74. The molecule has 29 heavy (non-hydrogen) atoms. The van der Waals surface area contributed by atoms with Crippen molar-refractivity contribution in [1.29, 1.82) is 0 Å². The Morgan fingerprint density at radius 3 is 2.69 bits per heavy atom. The van der Waals surface area contributed by atoms with Gasteiger partial charge in [-0.25, -0.2) is 4.79 Å². The molecule has 3 aromatic rings. The van der Waals surface area contributed by atoms with Gasteiger partial charge in [0.1, 0.15) is 5.00 Å². The highest BCUT2D eigenvalue weighted by molar-refractivity contribution is 7.15. The third kappa shape index (κ3) is 3.75. The fourth-order valence-corrected chi connectivity index (χ4v) is 5.83. The van der Waals surface area contributed by atoms with Crippen LogP contribution in [0.4, 0.5) is 5.69 Å². The standard InChI is InChI=1S/C22H20Cl2N2O2S/c1-12-9-14(11-25-18-8-7-15(23)10-17(18)24)13(2)26(12)21-20(22(27)28)16-5-3-4-6-19(16)29-21/h7-11H,3-6H2,1-2H3,(H,27,28). The number of fused-ring (bicyclic) bond motifs is 1. The van der Waals surface area contributed by atoms with Gasteiger partial charge >= 0.3 is 5.97 Å². The molecule has 4 nitrogen and oxygen atoms in total. The molecule has 0 atom stereocenters. The lowest BCUT2D eigenvalue weighted by Crippen LogP contribution is -2.09. The molecule has 0 saturated heterocycles. The van der Waals surface area contributed by atoms with Gasteiger partial charge in [-0.15, -0.1) is 11.3 Å². The van der Waals surface area contributed by atoms with Crippen molar-refractivity contribution in [3.05, 3.63) is 67.3 Å². The highest BCUT2D eigenvalue weighted by atomic mass is 35.5. The summed E-state index contributed by atoms with van der Waals surface area (Å²) >= 11 is 13.8. The Bertz CT molecular complexity index is 1140. The Morgan fingerprint density at radius 2 is 1.97 bits per heavy atom. The van der Waals surface area contributed by atoms with E-state index < -0.39 is 5.97 Å². The zero-order valence-corrected chi connectivity index (χ0v) is 18.5. The van der Waals surface area contributed by atoms with Crippen LogP contribution in [0.3, 0.4) is 0 Å². The predicted octanol–water partition coefficient (Wildman–Crippen LogP) is 6.79. The van der Waals surface area contributed by atoms with Gasteiger partial charge in [0.15, 0.2) is 0 Å². The van der Waals surface area contributed by atoms with Crippen LogP contribution < -0.4 is 0 Å². The number of hydrogen-bond donors (Lipinski definition) is 1. The van der Waals surface area contributed by atoms with Crippen LogP contribution in [-0.2, 0) is 12.8 Å². The number of aromatic nitrogens is 1. The first-order valence-corrected chi connectivity index (χ1v) is 11.0. The Morgan fingerprint density at radius 1 is 1.21 bits per heavy atom. The van der Waals surface area contributed by atoms with E-state index in [2.05, 4.69) is 4.99 Å². The summed E-state index contributed by atoms with van der Waals surface area (Å²) in [7, 11) is 0. The molecule has 0 unspecified atom stereocenters. The fourth-order valence-electron chi connectivity index (χ4n) is 3.89. The summed E-state index contributed by atoms with van der Waals surface area (Å²) in [5, 5.41) is 11.8. The number of nitrogens with zero attached hydrogens (tertiary/aromatic N) is 2. The molecule has 1 aliphatic rings. The van der Waals surface area contributed by atoms with E-state index in [1.54, 1.807) is 35.8 Å². The van der Waals surface area contributed by atoms with Crippen LogP contribution in [0.1, 0.15) is 50.6 Å². The molecule has 0 radical (unpaired) electrons. The Hall–Kier alpha value is -2.08. The van der Waals surface area contributed by atoms with Crippen molar-refractivity contribution in [2.45, 2.75) is 39.5 Å². The van der Waals surface area contributed by atoms with Gasteiger partial charge in [0.2, 0.25) is 0 Å². The van der Waals surface area contributed by atoms with Gasteiger partial charge in [-0.05, 0) is 69.4 Å². The second-order valence-electron chi connectivity index (χ2n) is 7.21. The molecule has 150 valence electrons. The molecular weight excluding hydrogens is 427 g/mol. The Kier molecular flexibility index (Phi) is 5.56. The molecule has 2 aromatic heterocycles. The normalized spacial score (nSPS) is 13.8. The lowest BCUT2D eigenvalue weighted by molar-refractivity contribution is 0.0696. The number of rotatable bonds is 4. The molecule has 0 fully saturated rings. The molecule has 0 saturated carbocycles. The number of carboxylic acid groups (broad SMARTS) is 1. The number of carbonyl (C=O) groups is 1. The van der Waals surface area contributed by atoms with E-state index in [4.69, 9.17) is 23.2 Å². The molecule has 0 spiro atoms. The summed E-state index contributed by atoms with van der Waals surface area (Å²) in [6.45, 7) is 3.98. The van der Waals surface area contributed by atoms with Gasteiger partial charge in [0.05, 0.1) is 16.3 Å². The highest BCUT2D eigenvalue weighted by Crippen LogP contribution is 2.38. The van der Waals surface area contributed by atoms with E-state index in [0.29, 0.717) is 21.3 Å². The molecule has 1 aromatic carbocycles. The van der Waals surface area contributed by atoms with Crippen molar-refractivity contribution in [2.75, 3.05) is 0 Å². The number of aryl methyl sites for hydroxylation is 2. The summed E-state index contributed by atoms with van der Waals surface area (Å²) in [6, 6.07) is 7.20. The van der Waals surface area contributed by atoms with E-state index in [-0.39, 0.29) is 0 Å². The molecule has 0 bridgehead atoms. The first-order valence-electron chi connectivity index (χ1n) is 9.43. The van der Waals surface area contributed by atoms with Gasteiger partial charge in [-0.3, -0.25) is 4.99 Å². The minimum atomic E-state index is -0.852. The van der Waals surface area contributed by atoms with E-state index in [9.17, 15) is 9.90 Å². The van der Waals surface area contributed by atoms with Crippen LogP contribution in [0.2, 0.25) is 10.0 Å². The van der Waals surface area contributed by atoms with Crippen LogP contribution in [-0.4, -0.2) is 21.9 Å². The molecular formula is C22H20Cl2N2O2S. The SMILES string of the molecule is Cc1cc(C=Nc2ccc(Cl)cc2Cl)c(C)n1-c1sc2c(c1C(=O)O)CCCC2. The minimum absolute atomic E-state index is 0.454. The number of carboxylic acids is 1. The Balaban J connectivity index is 1.78. The van der Waals surface area contributed by atoms with Crippen molar-refractivity contribution >= 4 is 52.4 Å². The third-order valence-electron chi connectivity index (χ3n) is 5.29. The van der Waals surface area contributed by atoms with E-state index in [0.717, 1.165) is 53.2 Å². The fraction of sp³-hybridized carbons (Fsp3) is 0.273. The topological polar surface area (TPSA) is 54.6 Å². The zero-order valence-electron chi connectivity index (χ0n) is 16.1. The monoisotopic (exact) mass is 446 g/mol. The van der Waals surface area contributed by atoms with Crippen LogP contribution in [0.5, 0.6) is 0 Å². The van der Waals surface area contributed by atoms with Gasteiger partial charge < -0.3 is 9.67 Å². The van der Waals surface area contributed by atoms with Crippen molar-refractivity contribution in [3.8, 4) is 5.00 Å². The summed E-state index contributed by atoms with van der Waals surface area (Å²) < 4.78 is 2.04. The van der Waals surface area contributed by atoms with E-state index in [1.807, 2.05) is 24.5 Å². The molecule has 4 rings (SSSR count). The maximum atomic E-state index is 12.1. The maximum absolute atomic E-state index is 12.1. The third-order valence-corrected chi connectivity index (χ3v) is 7.11. The number of benzene rings is 1. The van der Waals surface area contributed by atoms with Gasteiger partial charge in [0, 0.05) is 33.1 Å². The molecule has 1 N–H and O–H groups in total. The second kappa shape index (κ2) is 7.98. The van der Waals surface area contributed by atoms with E-state index >= 15 is 0 Å². The summed E-state index contributed by atoms with van der Waals surface area (Å²) in [5.41, 5.74) is 4.97. The highest BCUT2D eigenvalue weighted by Gasteiger charge is 2.27. The van der Waals surface area contributed by atoms with Crippen molar-refractivity contribution in [3.63, 3.8) is 0 Å². The predicted molar refractivity (Wildman–Crippen MR) is 120 cm³/mol. The van der Waals surface area contributed by atoms with Crippen LogP contribution in [0.25, 0.3) is 5.00 Å². The first kappa shape index (κ1) is 20.2. The average Bonchev–Trinajstić information content (AvgIpc) is 3.17. The average molecular weight is 447 g/mol. The number of hydrogen-bond acceptors (Lipinski definition) is 3. The summed E-state index contributed by atoms with van der Waals surface area (Å²) in [5.74, 6) is -0.852. The lowest BCUT2D eigenvalue weighted by Gasteiger charge is -2.11. The van der Waals surface area contributed by atoms with Crippen molar-refractivity contribution in [2.24, 2.45) is 4.99 Å². The number of aromatic carboxylic acids is 1. The minimum Gasteiger partial charge on any atom is -0.478 e. The molecule has 0 aliphatic heterocycles. The number of thiophene rings is 1. The second-order valence-corrected chi connectivity index (χ2v) is 9.14. The molecule has 0 amide bonds. The zero-order chi connectivity index (χ0) is 20.7. The molecule has 1 aliphatic carbocycles. The maximum Gasteiger partial charge on any atom is 0.339 e.